The number of hydrogen-bond donors (Lipinski definition) is 2. The zero-order chi connectivity index (χ0) is 16.9. The quantitative estimate of drug-likeness (QED) is 0.824. The van der Waals surface area contributed by atoms with Crippen LogP contribution in [0, 0.1) is 17.7 Å². The summed E-state index contributed by atoms with van der Waals surface area (Å²) in [5, 5.41) is 6.69. The second kappa shape index (κ2) is 9.54. The molecule has 1 aromatic carbocycles. The standard InChI is InChI=1S/C20H29FN2O.ClH/c1-14(16-4-3-11-22-13-16)12-20(24)23-19-6-2-5-18(19)15-7-9-17(21)10-8-15;/h7-10,14,16,18-19,22H,2-6,11-13H2,1H3,(H,23,24);1H. The summed E-state index contributed by atoms with van der Waals surface area (Å²) in [5.41, 5.74) is 1.14. The van der Waals surface area contributed by atoms with Crippen LogP contribution in [0.15, 0.2) is 24.3 Å². The monoisotopic (exact) mass is 368 g/mol. The van der Waals surface area contributed by atoms with E-state index in [0.717, 1.165) is 37.9 Å². The summed E-state index contributed by atoms with van der Waals surface area (Å²) in [4.78, 5) is 12.5. The van der Waals surface area contributed by atoms with Crippen LogP contribution in [0.4, 0.5) is 4.39 Å². The fourth-order valence-electron chi connectivity index (χ4n) is 4.33. The van der Waals surface area contributed by atoms with Crippen LogP contribution in [0.1, 0.15) is 56.9 Å². The number of benzene rings is 1. The largest absolute Gasteiger partial charge is 0.353 e. The van der Waals surface area contributed by atoms with Gasteiger partial charge >= 0.3 is 0 Å². The van der Waals surface area contributed by atoms with Gasteiger partial charge in [0.2, 0.25) is 5.91 Å². The van der Waals surface area contributed by atoms with Gasteiger partial charge in [0.05, 0.1) is 0 Å². The van der Waals surface area contributed by atoms with E-state index in [0.29, 0.717) is 24.2 Å². The number of carbonyl (C=O) groups is 1. The van der Waals surface area contributed by atoms with Crippen molar-refractivity contribution < 1.29 is 9.18 Å². The Morgan fingerprint density at radius 1 is 1.24 bits per heavy atom. The van der Waals surface area contributed by atoms with E-state index in [9.17, 15) is 9.18 Å². The average Bonchev–Trinajstić information content (AvgIpc) is 3.04. The molecule has 140 valence electrons. The van der Waals surface area contributed by atoms with Crippen LogP contribution >= 0.6 is 12.4 Å². The summed E-state index contributed by atoms with van der Waals surface area (Å²) < 4.78 is 13.1. The van der Waals surface area contributed by atoms with Crippen molar-refractivity contribution >= 4 is 18.3 Å². The molecule has 1 amide bonds. The van der Waals surface area contributed by atoms with E-state index >= 15 is 0 Å². The summed E-state index contributed by atoms with van der Waals surface area (Å²) in [6, 6.07) is 6.95. The van der Waals surface area contributed by atoms with Crippen molar-refractivity contribution in [2.75, 3.05) is 13.1 Å². The fraction of sp³-hybridized carbons (Fsp3) is 0.650. The smallest absolute Gasteiger partial charge is 0.220 e. The molecule has 1 aromatic rings. The Balaban J connectivity index is 0.00000225. The van der Waals surface area contributed by atoms with Gasteiger partial charge in [0.25, 0.3) is 0 Å². The normalized spacial score (nSPS) is 27.4. The molecule has 4 unspecified atom stereocenters. The molecule has 2 fully saturated rings. The third-order valence-electron chi connectivity index (χ3n) is 5.81. The molecule has 2 aliphatic rings. The van der Waals surface area contributed by atoms with Crippen molar-refractivity contribution in [1.82, 2.24) is 10.6 Å². The number of carbonyl (C=O) groups excluding carboxylic acids is 1. The molecule has 0 spiro atoms. The molecule has 1 aliphatic heterocycles. The molecule has 2 N–H and O–H groups in total. The summed E-state index contributed by atoms with van der Waals surface area (Å²) >= 11 is 0. The lowest BCUT2D eigenvalue weighted by Crippen LogP contribution is -2.39. The van der Waals surface area contributed by atoms with Gasteiger partial charge in [0.1, 0.15) is 5.82 Å². The number of piperidine rings is 1. The van der Waals surface area contributed by atoms with Crippen LogP contribution in [-0.4, -0.2) is 25.0 Å². The Morgan fingerprint density at radius 3 is 2.68 bits per heavy atom. The van der Waals surface area contributed by atoms with Gasteiger partial charge in [-0.05, 0) is 68.3 Å². The lowest BCUT2D eigenvalue weighted by molar-refractivity contribution is -0.123. The van der Waals surface area contributed by atoms with Crippen molar-refractivity contribution in [1.29, 1.82) is 0 Å². The van der Waals surface area contributed by atoms with Gasteiger partial charge < -0.3 is 10.6 Å². The summed E-state index contributed by atoms with van der Waals surface area (Å²) in [6.45, 7) is 4.34. The zero-order valence-corrected chi connectivity index (χ0v) is 15.8. The summed E-state index contributed by atoms with van der Waals surface area (Å²) in [7, 11) is 0. The first-order valence-corrected chi connectivity index (χ1v) is 9.39. The van der Waals surface area contributed by atoms with Crippen molar-refractivity contribution in [3.05, 3.63) is 35.6 Å². The molecule has 0 radical (unpaired) electrons. The minimum atomic E-state index is -0.202. The van der Waals surface area contributed by atoms with Gasteiger partial charge in [-0.25, -0.2) is 4.39 Å². The van der Waals surface area contributed by atoms with Crippen molar-refractivity contribution in [3.8, 4) is 0 Å². The van der Waals surface area contributed by atoms with E-state index in [4.69, 9.17) is 0 Å². The van der Waals surface area contributed by atoms with Crippen LogP contribution in [-0.2, 0) is 4.79 Å². The van der Waals surface area contributed by atoms with E-state index in [1.54, 1.807) is 0 Å². The van der Waals surface area contributed by atoms with Gasteiger partial charge in [0.15, 0.2) is 0 Å². The van der Waals surface area contributed by atoms with Gasteiger partial charge in [-0.2, -0.15) is 0 Å². The van der Waals surface area contributed by atoms with Crippen molar-refractivity contribution in [2.45, 2.75) is 57.4 Å². The summed E-state index contributed by atoms with van der Waals surface area (Å²) in [6.07, 6.45) is 6.26. The molecule has 1 heterocycles. The molecular weight excluding hydrogens is 339 g/mol. The SMILES string of the molecule is CC(CC(=O)NC1CCCC1c1ccc(F)cc1)C1CCCNC1.Cl. The number of halogens is 2. The number of rotatable bonds is 5. The lowest BCUT2D eigenvalue weighted by Gasteiger charge is -2.29. The third kappa shape index (κ3) is 5.42. The Bertz CT molecular complexity index is 545. The average molecular weight is 369 g/mol. The first kappa shape index (κ1) is 20.2. The van der Waals surface area contributed by atoms with Gasteiger partial charge in [-0.1, -0.05) is 25.5 Å². The minimum absolute atomic E-state index is 0. The predicted octanol–water partition coefficient (Wildman–Crippen LogP) is 4.03. The highest BCUT2D eigenvalue weighted by Crippen LogP contribution is 2.35. The van der Waals surface area contributed by atoms with Gasteiger partial charge in [-0.15, -0.1) is 12.4 Å². The molecule has 0 bridgehead atoms. The maximum atomic E-state index is 13.1. The number of amides is 1. The number of nitrogens with one attached hydrogen (secondary N) is 2. The molecule has 0 aromatic heterocycles. The van der Waals surface area contributed by atoms with Gasteiger partial charge in [0, 0.05) is 18.4 Å². The molecule has 3 rings (SSSR count). The van der Waals surface area contributed by atoms with E-state index in [1.165, 1.54) is 25.0 Å². The Morgan fingerprint density at radius 2 is 2.00 bits per heavy atom. The van der Waals surface area contributed by atoms with E-state index < -0.39 is 0 Å². The Labute approximate surface area is 156 Å². The Hall–Kier alpha value is -1.13. The highest BCUT2D eigenvalue weighted by atomic mass is 35.5. The second-order valence-electron chi connectivity index (χ2n) is 7.55. The molecule has 5 heteroatoms. The van der Waals surface area contributed by atoms with Crippen LogP contribution < -0.4 is 10.6 Å². The maximum absolute atomic E-state index is 13.1. The van der Waals surface area contributed by atoms with Crippen molar-refractivity contribution in [3.63, 3.8) is 0 Å². The lowest BCUT2D eigenvalue weighted by atomic mass is 9.85. The van der Waals surface area contributed by atoms with Crippen molar-refractivity contribution in [2.24, 2.45) is 11.8 Å². The van der Waals surface area contributed by atoms with E-state index in [1.807, 2.05) is 12.1 Å². The van der Waals surface area contributed by atoms with Crippen LogP contribution in [0.2, 0.25) is 0 Å². The highest BCUT2D eigenvalue weighted by Gasteiger charge is 2.30. The first-order chi connectivity index (χ1) is 11.6. The van der Waals surface area contributed by atoms with Crippen LogP contribution in [0.25, 0.3) is 0 Å². The highest BCUT2D eigenvalue weighted by molar-refractivity contribution is 5.85. The minimum Gasteiger partial charge on any atom is -0.353 e. The summed E-state index contributed by atoms with van der Waals surface area (Å²) in [5.74, 6) is 1.32. The first-order valence-electron chi connectivity index (χ1n) is 9.39. The van der Waals surface area contributed by atoms with Gasteiger partial charge in [-0.3, -0.25) is 4.79 Å². The number of hydrogen-bond acceptors (Lipinski definition) is 2. The second-order valence-corrected chi connectivity index (χ2v) is 7.55. The topological polar surface area (TPSA) is 41.1 Å². The third-order valence-corrected chi connectivity index (χ3v) is 5.81. The molecule has 1 saturated carbocycles. The molecule has 25 heavy (non-hydrogen) atoms. The fourth-order valence-corrected chi connectivity index (χ4v) is 4.33. The molecule has 1 aliphatic carbocycles. The molecule has 4 atom stereocenters. The van der Waals surface area contributed by atoms with Crippen LogP contribution in [0.5, 0.6) is 0 Å². The molecule has 1 saturated heterocycles. The van der Waals surface area contributed by atoms with E-state index in [2.05, 4.69) is 17.6 Å². The van der Waals surface area contributed by atoms with E-state index in [-0.39, 0.29) is 30.2 Å². The Kier molecular flexibility index (Phi) is 7.70. The molecular formula is C20H30ClFN2O. The molecule has 3 nitrogen and oxygen atoms in total. The van der Waals surface area contributed by atoms with Crippen LogP contribution in [0.3, 0.4) is 0 Å². The zero-order valence-electron chi connectivity index (χ0n) is 15.0. The maximum Gasteiger partial charge on any atom is 0.220 e. The predicted molar refractivity (Wildman–Crippen MR) is 102 cm³/mol.